The van der Waals surface area contributed by atoms with Crippen LogP contribution in [0.5, 0.6) is 5.75 Å². The Morgan fingerprint density at radius 3 is 2.33 bits per heavy atom. The van der Waals surface area contributed by atoms with Gasteiger partial charge in [-0.3, -0.25) is 4.40 Å². The standard InChI is InChI=1S/C14H10F3N3O/c1-21-11-5-2-9(3-6-11)13-19-18-12-7-4-10(8-20(12)13)14(15,16)17/h2-8H,1H3. The van der Waals surface area contributed by atoms with Crippen LogP contribution in [0.3, 0.4) is 0 Å². The van der Waals surface area contributed by atoms with E-state index >= 15 is 0 Å². The number of pyridine rings is 1. The largest absolute Gasteiger partial charge is 0.497 e. The molecule has 0 aliphatic rings. The molecule has 0 saturated carbocycles. The summed E-state index contributed by atoms with van der Waals surface area (Å²) < 4.78 is 44.7. The summed E-state index contributed by atoms with van der Waals surface area (Å²) in [6.45, 7) is 0. The van der Waals surface area contributed by atoms with E-state index in [9.17, 15) is 13.2 Å². The molecule has 0 bridgehead atoms. The number of benzene rings is 1. The molecular formula is C14H10F3N3O. The summed E-state index contributed by atoms with van der Waals surface area (Å²) in [7, 11) is 1.54. The van der Waals surface area contributed by atoms with E-state index in [4.69, 9.17) is 4.74 Å². The summed E-state index contributed by atoms with van der Waals surface area (Å²) in [6, 6.07) is 9.14. The van der Waals surface area contributed by atoms with Gasteiger partial charge in [-0.2, -0.15) is 13.2 Å². The molecule has 0 aliphatic carbocycles. The van der Waals surface area contributed by atoms with Crippen LogP contribution in [0.15, 0.2) is 42.6 Å². The molecule has 1 aromatic carbocycles. The quantitative estimate of drug-likeness (QED) is 0.726. The minimum atomic E-state index is -4.41. The molecular weight excluding hydrogens is 283 g/mol. The van der Waals surface area contributed by atoms with Gasteiger partial charge in [0.05, 0.1) is 12.7 Å². The van der Waals surface area contributed by atoms with Crippen LogP contribution in [0.1, 0.15) is 5.56 Å². The van der Waals surface area contributed by atoms with E-state index in [1.165, 1.54) is 17.6 Å². The third-order valence-corrected chi connectivity index (χ3v) is 3.08. The van der Waals surface area contributed by atoms with Crippen LogP contribution in [-0.2, 0) is 6.18 Å². The third kappa shape index (κ3) is 2.42. The van der Waals surface area contributed by atoms with Crippen molar-refractivity contribution in [1.29, 1.82) is 0 Å². The highest BCUT2D eigenvalue weighted by molar-refractivity contribution is 5.60. The molecule has 0 amide bonds. The van der Waals surface area contributed by atoms with Crippen molar-refractivity contribution in [2.24, 2.45) is 0 Å². The van der Waals surface area contributed by atoms with E-state index in [1.807, 2.05) is 0 Å². The summed E-state index contributed by atoms with van der Waals surface area (Å²) >= 11 is 0. The molecule has 0 atom stereocenters. The van der Waals surface area contributed by atoms with E-state index in [-0.39, 0.29) is 0 Å². The van der Waals surface area contributed by atoms with Gasteiger partial charge < -0.3 is 4.74 Å². The Morgan fingerprint density at radius 1 is 1.00 bits per heavy atom. The molecule has 108 valence electrons. The van der Waals surface area contributed by atoms with Gasteiger partial charge in [-0.25, -0.2) is 0 Å². The summed E-state index contributed by atoms with van der Waals surface area (Å²) in [4.78, 5) is 0. The molecule has 21 heavy (non-hydrogen) atoms. The predicted octanol–water partition coefficient (Wildman–Crippen LogP) is 3.42. The van der Waals surface area contributed by atoms with Crippen molar-refractivity contribution in [3.05, 3.63) is 48.2 Å². The van der Waals surface area contributed by atoms with Crippen LogP contribution in [0, 0.1) is 0 Å². The van der Waals surface area contributed by atoms with Crippen LogP contribution >= 0.6 is 0 Å². The molecule has 0 saturated heterocycles. The molecule has 0 unspecified atom stereocenters. The van der Waals surface area contributed by atoms with E-state index in [0.29, 0.717) is 22.8 Å². The Bertz CT molecular complexity index is 778. The van der Waals surface area contributed by atoms with Crippen molar-refractivity contribution in [2.75, 3.05) is 7.11 Å². The Labute approximate surface area is 117 Å². The van der Waals surface area contributed by atoms with Crippen LogP contribution in [0.4, 0.5) is 13.2 Å². The molecule has 4 nitrogen and oxygen atoms in total. The lowest BCUT2D eigenvalue weighted by Crippen LogP contribution is -2.06. The second-order valence-electron chi connectivity index (χ2n) is 4.40. The second kappa shape index (κ2) is 4.76. The molecule has 3 rings (SSSR count). The highest BCUT2D eigenvalue weighted by Gasteiger charge is 2.31. The van der Waals surface area contributed by atoms with Crippen LogP contribution in [0.2, 0.25) is 0 Å². The van der Waals surface area contributed by atoms with Gasteiger partial charge in [-0.15, -0.1) is 10.2 Å². The first kappa shape index (κ1) is 13.4. The van der Waals surface area contributed by atoms with Crippen LogP contribution in [-0.4, -0.2) is 21.7 Å². The summed E-state index contributed by atoms with van der Waals surface area (Å²) in [5.41, 5.74) is 0.265. The third-order valence-electron chi connectivity index (χ3n) is 3.08. The minimum absolute atomic E-state index is 0.346. The van der Waals surface area contributed by atoms with Crippen molar-refractivity contribution >= 4 is 5.65 Å². The number of ether oxygens (including phenoxy) is 1. The number of fused-ring (bicyclic) bond motifs is 1. The highest BCUT2D eigenvalue weighted by atomic mass is 19.4. The van der Waals surface area contributed by atoms with Crippen molar-refractivity contribution in [2.45, 2.75) is 6.18 Å². The lowest BCUT2D eigenvalue weighted by Gasteiger charge is -2.07. The van der Waals surface area contributed by atoms with E-state index in [2.05, 4.69) is 10.2 Å². The minimum Gasteiger partial charge on any atom is -0.497 e. The Morgan fingerprint density at radius 2 is 1.71 bits per heavy atom. The molecule has 2 heterocycles. The SMILES string of the molecule is COc1ccc(-c2nnc3ccc(C(F)(F)F)cn23)cc1. The zero-order chi connectivity index (χ0) is 15.0. The van der Waals surface area contributed by atoms with Crippen molar-refractivity contribution in [3.63, 3.8) is 0 Å². The monoisotopic (exact) mass is 293 g/mol. The fourth-order valence-electron chi connectivity index (χ4n) is 2.00. The number of methoxy groups -OCH3 is 1. The summed E-state index contributed by atoms with van der Waals surface area (Å²) in [5.74, 6) is 1.00. The molecule has 0 fully saturated rings. The Hall–Kier alpha value is -2.57. The second-order valence-corrected chi connectivity index (χ2v) is 4.40. The maximum absolute atomic E-state index is 12.8. The zero-order valence-corrected chi connectivity index (χ0v) is 10.9. The van der Waals surface area contributed by atoms with Gasteiger partial charge in [-0.05, 0) is 36.4 Å². The fourth-order valence-corrected chi connectivity index (χ4v) is 2.00. The van der Waals surface area contributed by atoms with Crippen LogP contribution in [0.25, 0.3) is 17.0 Å². The van der Waals surface area contributed by atoms with Gasteiger partial charge in [0, 0.05) is 11.8 Å². The summed E-state index contributed by atoms with van der Waals surface area (Å²) in [5, 5.41) is 7.82. The maximum Gasteiger partial charge on any atom is 0.417 e. The summed E-state index contributed by atoms with van der Waals surface area (Å²) in [6.07, 6.45) is -3.41. The topological polar surface area (TPSA) is 39.4 Å². The number of aromatic nitrogens is 3. The average Bonchev–Trinajstić information content (AvgIpc) is 2.89. The van der Waals surface area contributed by atoms with E-state index in [0.717, 1.165) is 12.3 Å². The molecule has 0 spiro atoms. The van der Waals surface area contributed by atoms with Gasteiger partial charge in [0.15, 0.2) is 11.5 Å². The van der Waals surface area contributed by atoms with Crippen LogP contribution < -0.4 is 4.74 Å². The number of alkyl halides is 3. The predicted molar refractivity (Wildman–Crippen MR) is 70.0 cm³/mol. The van der Waals surface area contributed by atoms with Gasteiger partial charge in [-0.1, -0.05) is 0 Å². The first-order chi connectivity index (χ1) is 9.99. The molecule has 2 aromatic heterocycles. The Kier molecular flexibility index (Phi) is 3.04. The number of rotatable bonds is 2. The van der Waals surface area contributed by atoms with Gasteiger partial charge >= 0.3 is 6.18 Å². The van der Waals surface area contributed by atoms with Gasteiger partial charge in [0.2, 0.25) is 0 Å². The Balaban J connectivity index is 2.13. The first-order valence-corrected chi connectivity index (χ1v) is 6.05. The average molecular weight is 293 g/mol. The first-order valence-electron chi connectivity index (χ1n) is 6.05. The van der Waals surface area contributed by atoms with E-state index < -0.39 is 11.7 Å². The molecule has 7 heteroatoms. The van der Waals surface area contributed by atoms with Gasteiger partial charge in [0.25, 0.3) is 0 Å². The smallest absolute Gasteiger partial charge is 0.417 e. The van der Waals surface area contributed by atoms with Gasteiger partial charge in [0.1, 0.15) is 5.75 Å². The fraction of sp³-hybridized carbons (Fsp3) is 0.143. The number of nitrogens with zero attached hydrogens (tertiary/aromatic N) is 3. The molecule has 0 aliphatic heterocycles. The van der Waals surface area contributed by atoms with Crippen molar-refractivity contribution in [1.82, 2.24) is 14.6 Å². The normalized spacial score (nSPS) is 11.8. The molecule has 0 radical (unpaired) electrons. The lowest BCUT2D eigenvalue weighted by atomic mass is 10.2. The van der Waals surface area contributed by atoms with Crippen molar-refractivity contribution in [3.8, 4) is 17.1 Å². The number of halogens is 3. The van der Waals surface area contributed by atoms with Crippen molar-refractivity contribution < 1.29 is 17.9 Å². The highest BCUT2D eigenvalue weighted by Crippen LogP contribution is 2.30. The number of hydrogen-bond donors (Lipinski definition) is 0. The molecule has 0 N–H and O–H groups in total. The maximum atomic E-state index is 12.8. The molecule has 3 aromatic rings. The lowest BCUT2D eigenvalue weighted by molar-refractivity contribution is -0.137. The zero-order valence-electron chi connectivity index (χ0n) is 10.9. The van der Waals surface area contributed by atoms with E-state index in [1.54, 1.807) is 24.3 Å². The number of hydrogen-bond acceptors (Lipinski definition) is 3.